The maximum atomic E-state index is 11.4. The van der Waals surface area contributed by atoms with Gasteiger partial charge >= 0.3 is 5.97 Å². The molecule has 1 aliphatic heterocycles. The van der Waals surface area contributed by atoms with Gasteiger partial charge in [-0.15, -0.1) is 0 Å². The molecule has 1 aromatic carbocycles. The summed E-state index contributed by atoms with van der Waals surface area (Å²) >= 11 is 3.42. The van der Waals surface area contributed by atoms with Crippen LogP contribution in [0.4, 0.5) is 5.69 Å². The fourth-order valence-electron chi connectivity index (χ4n) is 1.64. The fraction of sp³-hybridized carbons (Fsp3) is 0.417. The van der Waals surface area contributed by atoms with E-state index in [0.29, 0.717) is 24.7 Å². The lowest BCUT2D eigenvalue weighted by molar-refractivity contribution is -0.141. The Morgan fingerprint density at radius 2 is 2.00 bits per heavy atom. The number of methoxy groups -OCH3 is 1. The Hall–Kier alpha value is -1.43. The number of ether oxygens (including phenoxy) is 3. The maximum Gasteiger partial charge on any atom is 0.327 e. The van der Waals surface area contributed by atoms with Crippen LogP contribution in [0.15, 0.2) is 16.6 Å². The zero-order valence-electron chi connectivity index (χ0n) is 10.2. The lowest BCUT2D eigenvalue weighted by atomic mass is 10.2. The first-order chi connectivity index (χ1) is 8.61. The molecule has 0 amide bonds. The van der Waals surface area contributed by atoms with Crippen molar-refractivity contribution in [3.8, 4) is 11.5 Å². The number of halogens is 1. The van der Waals surface area contributed by atoms with E-state index in [-0.39, 0.29) is 5.97 Å². The zero-order valence-corrected chi connectivity index (χ0v) is 11.7. The first-order valence-corrected chi connectivity index (χ1v) is 6.34. The van der Waals surface area contributed by atoms with Crippen molar-refractivity contribution in [3.63, 3.8) is 0 Å². The molecule has 1 aromatic rings. The summed E-state index contributed by atoms with van der Waals surface area (Å²) in [6.45, 7) is 2.81. The van der Waals surface area contributed by atoms with Crippen LogP contribution in [-0.4, -0.2) is 32.3 Å². The molecule has 1 N–H and O–H groups in total. The van der Waals surface area contributed by atoms with Gasteiger partial charge in [0.15, 0.2) is 11.5 Å². The molecule has 0 radical (unpaired) electrons. The highest BCUT2D eigenvalue weighted by Gasteiger charge is 2.18. The number of carbonyl (C=O) groups excluding carboxylic acids is 1. The molecule has 1 unspecified atom stereocenters. The number of fused-ring (bicyclic) bond motifs is 1. The van der Waals surface area contributed by atoms with E-state index in [4.69, 9.17) is 9.47 Å². The molecular formula is C12H14BrNO4. The van der Waals surface area contributed by atoms with Crippen LogP contribution in [0.3, 0.4) is 0 Å². The van der Waals surface area contributed by atoms with E-state index < -0.39 is 6.04 Å². The normalized spacial score (nSPS) is 14.8. The summed E-state index contributed by atoms with van der Waals surface area (Å²) in [5, 5.41) is 3.05. The Morgan fingerprint density at radius 1 is 1.39 bits per heavy atom. The molecule has 5 nitrogen and oxygen atoms in total. The lowest BCUT2D eigenvalue weighted by Gasteiger charge is -2.21. The van der Waals surface area contributed by atoms with Gasteiger partial charge in [0.1, 0.15) is 19.3 Å². The van der Waals surface area contributed by atoms with E-state index in [1.54, 1.807) is 13.0 Å². The van der Waals surface area contributed by atoms with E-state index in [0.717, 1.165) is 10.2 Å². The van der Waals surface area contributed by atoms with E-state index in [1.165, 1.54) is 7.11 Å². The summed E-state index contributed by atoms with van der Waals surface area (Å²) < 4.78 is 16.4. The van der Waals surface area contributed by atoms with Crippen LogP contribution < -0.4 is 14.8 Å². The number of carbonyl (C=O) groups is 1. The minimum absolute atomic E-state index is 0.322. The van der Waals surface area contributed by atoms with Gasteiger partial charge in [-0.25, -0.2) is 4.79 Å². The number of benzene rings is 1. The summed E-state index contributed by atoms with van der Waals surface area (Å²) in [5.41, 5.74) is 0.761. The van der Waals surface area contributed by atoms with Gasteiger partial charge in [0.05, 0.1) is 12.8 Å². The lowest BCUT2D eigenvalue weighted by Crippen LogP contribution is -2.27. The van der Waals surface area contributed by atoms with Gasteiger partial charge in [0, 0.05) is 16.6 Å². The minimum Gasteiger partial charge on any atom is -0.486 e. The van der Waals surface area contributed by atoms with Gasteiger partial charge in [0.2, 0.25) is 0 Å². The molecule has 6 heteroatoms. The molecule has 1 aliphatic rings. The second-order valence-electron chi connectivity index (χ2n) is 3.86. The number of rotatable bonds is 3. The van der Waals surface area contributed by atoms with Crippen molar-refractivity contribution in [1.29, 1.82) is 0 Å². The van der Waals surface area contributed by atoms with E-state index in [2.05, 4.69) is 26.0 Å². The Balaban J connectivity index is 2.20. The first kappa shape index (κ1) is 13.0. The molecule has 0 saturated heterocycles. The average Bonchev–Trinajstić information content (AvgIpc) is 2.38. The van der Waals surface area contributed by atoms with Crippen LogP contribution in [0, 0.1) is 0 Å². The minimum atomic E-state index is -0.436. The summed E-state index contributed by atoms with van der Waals surface area (Å²) in [5.74, 6) is 1.05. The summed E-state index contributed by atoms with van der Waals surface area (Å²) in [6.07, 6.45) is 0. The van der Waals surface area contributed by atoms with Crippen molar-refractivity contribution in [1.82, 2.24) is 0 Å². The quantitative estimate of drug-likeness (QED) is 0.867. The van der Waals surface area contributed by atoms with Gasteiger partial charge in [-0.1, -0.05) is 0 Å². The second kappa shape index (κ2) is 5.48. The molecule has 0 aromatic heterocycles. The van der Waals surface area contributed by atoms with Crippen molar-refractivity contribution in [2.24, 2.45) is 0 Å². The number of anilines is 1. The van der Waals surface area contributed by atoms with E-state index in [1.807, 2.05) is 6.07 Å². The van der Waals surface area contributed by atoms with Crippen molar-refractivity contribution >= 4 is 27.6 Å². The van der Waals surface area contributed by atoms with Gasteiger partial charge in [-0.2, -0.15) is 0 Å². The fourth-order valence-corrected chi connectivity index (χ4v) is 2.08. The Morgan fingerprint density at radius 3 is 2.61 bits per heavy atom. The third-order valence-corrected chi connectivity index (χ3v) is 3.21. The first-order valence-electron chi connectivity index (χ1n) is 5.55. The van der Waals surface area contributed by atoms with Crippen LogP contribution in [-0.2, 0) is 9.53 Å². The number of esters is 1. The van der Waals surface area contributed by atoms with Gasteiger partial charge < -0.3 is 19.5 Å². The molecule has 0 aliphatic carbocycles. The molecule has 0 bridgehead atoms. The molecule has 2 rings (SSSR count). The molecule has 18 heavy (non-hydrogen) atoms. The Kier molecular flexibility index (Phi) is 3.96. The van der Waals surface area contributed by atoms with Crippen LogP contribution in [0.1, 0.15) is 6.92 Å². The standard InChI is InChI=1S/C12H14BrNO4/c1-7(12(15)16-2)14-9-6-11-10(5-8(9)13)17-3-4-18-11/h5-7,14H,3-4H2,1-2H3. The van der Waals surface area contributed by atoms with Crippen LogP contribution in [0.25, 0.3) is 0 Å². The van der Waals surface area contributed by atoms with Crippen LogP contribution >= 0.6 is 15.9 Å². The molecule has 0 fully saturated rings. The predicted octanol–water partition coefficient (Wildman–Crippen LogP) is 2.19. The summed E-state index contributed by atoms with van der Waals surface area (Å²) in [7, 11) is 1.36. The van der Waals surface area contributed by atoms with Crippen molar-refractivity contribution in [2.45, 2.75) is 13.0 Å². The maximum absolute atomic E-state index is 11.4. The Labute approximate surface area is 114 Å². The SMILES string of the molecule is COC(=O)C(C)Nc1cc2c(cc1Br)OCCO2. The van der Waals surface area contributed by atoms with E-state index >= 15 is 0 Å². The van der Waals surface area contributed by atoms with Gasteiger partial charge in [0.25, 0.3) is 0 Å². The third kappa shape index (κ3) is 2.69. The highest BCUT2D eigenvalue weighted by molar-refractivity contribution is 9.10. The van der Waals surface area contributed by atoms with Crippen LogP contribution in [0.2, 0.25) is 0 Å². The second-order valence-corrected chi connectivity index (χ2v) is 4.72. The average molecular weight is 316 g/mol. The summed E-state index contributed by atoms with van der Waals surface area (Å²) in [6, 6.07) is 3.19. The van der Waals surface area contributed by atoms with Gasteiger partial charge in [-0.05, 0) is 22.9 Å². The number of nitrogens with one attached hydrogen (secondary N) is 1. The highest BCUT2D eigenvalue weighted by atomic mass is 79.9. The predicted molar refractivity (Wildman–Crippen MR) is 70.2 cm³/mol. The zero-order chi connectivity index (χ0) is 13.1. The topological polar surface area (TPSA) is 56.8 Å². The molecule has 1 atom stereocenters. The molecule has 0 saturated carbocycles. The summed E-state index contributed by atoms with van der Waals surface area (Å²) in [4.78, 5) is 11.4. The smallest absolute Gasteiger partial charge is 0.327 e. The molecular weight excluding hydrogens is 302 g/mol. The largest absolute Gasteiger partial charge is 0.486 e. The number of hydrogen-bond acceptors (Lipinski definition) is 5. The Bertz CT molecular complexity index is 464. The van der Waals surface area contributed by atoms with Crippen molar-refractivity contribution < 1.29 is 19.0 Å². The number of hydrogen-bond donors (Lipinski definition) is 1. The monoisotopic (exact) mass is 315 g/mol. The van der Waals surface area contributed by atoms with E-state index in [9.17, 15) is 4.79 Å². The molecule has 1 heterocycles. The molecule has 98 valence electrons. The van der Waals surface area contributed by atoms with Crippen LogP contribution in [0.5, 0.6) is 11.5 Å². The van der Waals surface area contributed by atoms with Crippen molar-refractivity contribution in [3.05, 3.63) is 16.6 Å². The molecule has 0 spiro atoms. The van der Waals surface area contributed by atoms with Crippen molar-refractivity contribution in [2.75, 3.05) is 25.6 Å². The third-order valence-electron chi connectivity index (χ3n) is 2.56. The van der Waals surface area contributed by atoms with Gasteiger partial charge in [-0.3, -0.25) is 0 Å². The highest BCUT2D eigenvalue weighted by Crippen LogP contribution is 2.38.